The quantitative estimate of drug-likeness (QED) is 0.817. The summed E-state index contributed by atoms with van der Waals surface area (Å²) >= 11 is 1.35. The molecular weight excluding hydrogens is 315 g/mol. The first-order valence-electron chi connectivity index (χ1n) is 7.66. The van der Waals surface area contributed by atoms with Gasteiger partial charge in [-0.1, -0.05) is 19.1 Å². The first-order chi connectivity index (χ1) is 11.0. The molecule has 1 heterocycles. The fraction of sp³-hybridized carbons (Fsp3) is 0.412. The van der Waals surface area contributed by atoms with Crippen molar-refractivity contribution >= 4 is 17.2 Å². The van der Waals surface area contributed by atoms with Gasteiger partial charge in [-0.3, -0.25) is 4.79 Å². The van der Waals surface area contributed by atoms with Gasteiger partial charge in [0, 0.05) is 13.0 Å². The zero-order chi connectivity index (χ0) is 16.8. The fourth-order valence-corrected chi connectivity index (χ4v) is 3.17. The lowest BCUT2D eigenvalue weighted by Gasteiger charge is -2.08. The summed E-state index contributed by atoms with van der Waals surface area (Å²) in [5, 5.41) is 13.1. The molecule has 6 heteroatoms. The van der Waals surface area contributed by atoms with Crippen molar-refractivity contribution in [3.8, 4) is 0 Å². The van der Waals surface area contributed by atoms with E-state index >= 15 is 0 Å². The molecule has 1 aromatic heterocycles. The predicted molar refractivity (Wildman–Crippen MR) is 89.3 cm³/mol. The zero-order valence-corrected chi connectivity index (χ0v) is 14.1. The molecule has 1 aromatic carbocycles. The molecule has 2 aromatic rings. The molecule has 0 bridgehead atoms. The number of hydrogen-bond acceptors (Lipinski definition) is 4. The van der Waals surface area contributed by atoms with Gasteiger partial charge in [0.05, 0.1) is 16.8 Å². The molecule has 23 heavy (non-hydrogen) atoms. The standard InChI is InChI=1S/C17H21FN2O2S/c1-3-14(21)8-9-19-17(22)16-11(2)20-15(23-16)10-12-4-6-13(18)7-5-12/h4-7,14,21H,3,8-10H2,1-2H3,(H,19,22). The Balaban J connectivity index is 1.97. The Labute approximate surface area is 139 Å². The third kappa shape index (κ3) is 5.11. The van der Waals surface area contributed by atoms with Crippen molar-refractivity contribution in [3.63, 3.8) is 0 Å². The summed E-state index contributed by atoms with van der Waals surface area (Å²) in [5.74, 6) is -0.424. The number of aryl methyl sites for hydroxylation is 1. The highest BCUT2D eigenvalue weighted by Gasteiger charge is 2.15. The summed E-state index contributed by atoms with van der Waals surface area (Å²) in [6.45, 7) is 4.15. The lowest BCUT2D eigenvalue weighted by Crippen LogP contribution is -2.26. The van der Waals surface area contributed by atoms with Crippen LogP contribution in [0.25, 0.3) is 0 Å². The van der Waals surface area contributed by atoms with Crippen molar-refractivity contribution in [2.45, 2.75) is 39.2 Å². The number of thiazole rings is 1. The minimum atomic E-state index is -0.383. The van der Waals surface area contributed by atoms with E-state index in [4.69, 9.17) is 0 Å². The summed E-state index contributed by atoms with van der Waals surface area (Å²) in [7, 11) is 0. The lowest BCUT2D eigenvalue weighted by atomic mass is 10.1. The second kappa shape index (κ2) is 8.17. The van der Waals surface area contributed by atoms with Crippen LogP contribution in [-0.4, -0.2) is 28.6 Å². The van der Waals surface area contributed by atoms with Gasteiger partial charge >= 0.3 is 0 Å². The molecule has 0 aliphatic heterocycles. The number of nitrogens with zero attached hydrogens (tertiary/aromatic N) is 1. The number of aliphatic hydroxyl groups excluding tert-OH is 1. The van der Waals surface area contributed by atoms with Gasteiger partial charge in [0.15, 0.2) is 0 Å². The minimum Gasteiger partial charge on any atom is -0.393 e. The van der Waals surface area contributed by atoms with Gasteiger partial charge in [0.25, 0.3) is 5.91 Å². The van der Waals surface area contributed by atoms with E-state index in [1.54, 1.807) is 19.1 Å². The van der Waals surface area contributed by atoms with Crippen molar-refractivity contribution < 1.29 is 14.3 Å². The number of hydrogen-bond donors (Lipinski definition) is 2. The number of benzene rings is 1. The number of nitrogens with one attached hydrogen (secondary N) is 1. The maximum Gasteiger partial charge on any atom is 0.263 e. The Morgan fingerprint density at radius 2 is 2.09 bits per heavy atom. The number of halogens is 1. The number of aromatic nitrogens is 1. The summed E-state index contributed by atoms with van der Waals surface area (Å²) in [6.07, 6.45) is 1.42. The predicted octanol–water partition coefficient (Wildman–Crippen LogP) is 3.07. The molecule has 0 saturated carbocycles. The fourth-order valence-electron chi connectivity index (χ4n) is 2.15. The minimum absolute atomic E-state index is 0.159. The highest BCUT2D eigenvalue weighted by molar-refractivity contribution is 7.13. The van der Waals surface area contributed by atoms with Crippen molar-refractivity contribution in [1.82, 2.24) is 10.3 Å². The van der Waals surface area contributed by atoms with Crippen LogP contribution >= 0.6 is 11.3 Å². The number of rotatable bonds is 7. The van der Waals surface area contributed by atoms with Gasteiger partial charge < -0.3 is 10.4 Å². The van der Waals surface area contributed by atoms with E-state index in [0.717, 1.165) is 10.6 Å². The van der Waals surface area contributed by atoms with E-state index in [0.29, 0.717) is 36.4 Å². The Bertz CT molecular complexity index is 655. The molecular formula is C17H21FN2O2S. The first kappa shape index (κ1) is 17.6. The topological polar surface area (TPSA) is 62.2 Å². The molecule has 0 saturated heterocycles. The molecule has 2 rings (SSSR count). The molecule has 124 valence electrons. The molecule has 0 radical (unpaired) electrons. The van der Waals surface area contributed by atoms with Crippen molar-refractivity contribution in [2.24, 2.45) is 0 Å². The van der Waals surface area contributed by atoms with Crippen LogP contribution in [0.4, 0.5) is 4.39 Å². The summed E-state index contributed by atoms with van der Waals surface area (Å²) in [5.41, 5.74) is 1.65. The van der Waals surface area contributed by atoms with Crippen LogP contribution in [0, 0.1) is 12.7 Å². The summed E-state index contributed by atoms with van der Waals surface area (Å²) in [6, 6.07) is 6.28. The van der Waals surface area contributed by atoms with E-state index in [1.807, 2.05) is 6.92 Å². The van der Waals surface area contributed by atoms with Gasteiger partial charge in [-0.15, -0.1) is 11.3 Å². The Kier molecular flexibility index (Phi) is 6.24. The zero-order valence-electron chi connectivity index (χ0n) is 13.3. The highest BCUT2D eigenvalue weighted by atomic mass is 32.1. The second-order valence-electron chi connectivity index (χ2n) is 5.43. The normalized spacial score (nSPS) is 12.2. The Morgan fingerprint density at radius 1 is 1.39 bits per heavy atom. The number of aliphatic hydroxyl groups is 1. The maximum absolute atomic E-state index is 12.9. The van der Waals surface area contributed by atoms with Crippen LogP contribution < -0.4 is 5.32 Å². The summed E-state index contributed by atoms with van der Waals surface area (Å²) in [4.78, 5) is 17.2. The monoisotopic (exact) mass is 336 g/mol. The molecule has 0 aliphatic rings. The number of amides is 1. The molecule has 4 nitrogen and oxygen atoms in total. The Hall–Kier alpha value is -1.79. The highest BCUT2D eigenvalue weighted by Crippen LogP contribution is 2.21. The SMILES string of the molecule is CCC(O)CCNC(=O)c1sc(Cc2ccc(F)cc2)nc1C. The average Bonchev–Trinajstić information content (AvgIpc) is 2.90. The molecule has 1 unspecified atom stereocenters. The average molecular weight is 336 g/mol. The van der Waals surface area contributed by atoms with Crippen molar-refractivity contribution in [2.75, 3.05) is 6.54 Å². The lowest BCUT2D eigenvalue weighted by molar-refractivity contribution is 0.0945. The third-order valence-electron chi connectivity index (χ3n) is 3.55. The van der Waals surface area contributed by atoms with Crippen molar-refractivity contribution in [1.29, 1.82) is 0 Å². The van der Waals surface area contributed by atoms with Crippen LogP contribution in [0.3, 0.4) is 0 Å². The second-order valence-corrected chi connectivity index (χ2v) is 6.52. The van der Waals surface area contributed by atoms with E-state index in [9.17, 15) is 14.3 Å². The van der Waals surface area contributed by atoms with Gasteiger partial charge in [-0.2, -0.15) is 0 Å². The van der Waals surface area contributed by atoms with E-state index < -0.39 is 0 Å². The maximum atomic E-state index is 12.9. The van der Waals surface area contributed by atoms with Crippen LogP contribution in [-0.2, 0) is 6.42 Å². The molecule has 0 aliphatic carbocycles. The largest absolute Gasteiger partial charge is 0.393 e. The van der Waals surface area contributed by atoms with Crippen LogP contribution in [0.5, 0.6) is 0 Å². The van der Waals surface area contributed by atoms with Crippen LogP contribution in [0.1, 0.15) is 45.7 Å². The Morgan fingerprint density at radius 3 is 2.74 bits per heavy atom. The molecule has 1 amide bonds. The first-order valence-corrected chi connectivity index (χ1v) is 8.48. The van der Waals surface area contributed by atoms with Gasteiger partial charge in [0.1, 0.15) is 10.7 Å². The van der Waals surface area contributed by atoms with Gasteiger partial charge in [-0.05, 0) is 37.5 Å². The smallest absolute Gasteiger partial charge is 0.263 e. The molecule has 0 fully saturated rings. The number of carbonyl (C=O) groups is 1. The van der Waals surface area contributed by atoms with Crippen LogP contribution in [0.2, 0.25) is 0 Å². The van der Waals surface area contributed by atoms with E-state index in [-0.39, 0.29) is 17.8 Å². The molecule has 1 atom stereocenters. The molecule has 0 spiro atoms. The third-order valence-corrected chi connectivity index (χ3v) is 4.71. The van der Waals surface area contributed by atoms with E-state index in [2.05, 4.69) is 10.3 Å². The van der Waals surface area contributed by atoms with Gasteiger partial charge in [0.2, 0.25) is 0 Å². The van der Waals surface area contributed by atoms with E-state index in [1.165, 1.54) is 23.5 Å². The molecule has 2 N–H and O–H groups in total. The van der Waals surface area contributed by atoms with Crippen LogP contribution in [0.15, 0.2) is 24.3 Å². The summed E-state index contributed by atoms with van der Waals surface area (Å²) < 4.78 is 12.9. The van der Waals surface area contributed by atoms with Crippen molar-refractivity contribution in [3.05, 3.63) is 51.2 Å². The van der Waals surface area contributed by atoms with Gasteiger partial charge in [-0.25, -0.2) is 9.37 Å². The number of carbonyl (C=O) groups excluding carboxylic acids is 1.